The van der Waals surface area contributed by atoms with Gasteiger partial charge in [0.15, 0.2) is 6.10 Å². The maximum Gasteiger partial charge on any atom is 0.253 e. The third-order valence-electron chi connectivity index (χ3n) is 3.66. The molecule has 0 aliphatic heterocycles. The van der Waals surface area contributed by atoms with Gasteiger partial charge < -0.3 is 10.1 Å². The van der Waals surface area contributed by atoms with Crippen molar-refractivity contribution >= 4 is 15.9 Å². The van der Waals surface area contributed by atoms with Gasteiger partial charge in [-0.15, -0.1) is 0 Å². The van der Waals surface area contributed by atoms with E-state index in [4.69, 9.17) is 9.88 Å². The van der Waals surface area contributed by atoms with E-state index < -0.39 is 16.1 Å². The zero-order valence-electron chi connectivity index (χ0n) is 12.4. The van der Waals surface area contributed by atoms with Crippen LogP contribution in [0.5, 0.6) is 0 Å². The summed E-state index contributed by atoms with van der Waals surface area (Å²) >= 11 is 0. The highest BCUT2D eigenvalue weighted by atomic mass is 32.2. The summed E-state index contributed by atoms with van der Waals surface area (Å²) in [6, 6.07) is 9.22. The Morgan fingerprint density at radius 3 is 2.50 bits per heavy atom. The van der Waals surface area contributed by atoms with Crippen molar-refractivity contribution in [2.45, 2.75) is 37.9 Å². The quantitative estimate of drug-likeness (QED) is 0.783. The molecule has 0 heterocycles. The highest BCUT2D eigenvalue weighted by molar-refractivity contribution is 7.89. The van der Waals surface area contributed by atoms with E-state index in [9.17, 15) is 13.2 Å². The third kappa shape index (κ3) is 5.40. The molecule has 0 spiro atoms. The van der Waals surface area contributed by atoms with Crippen LogP contribution in [0, 0.1) is 0 Å². The molecule has 1 saturated carbocycles. The normalized spacial score (nSPS) is 17.3. The summed E-state index contributed by atoms with van der Waals surface area (Å²) in [6.07, 6.45) is 3.49. The average Bonchev–Trinajstić information content (AvgIpc) is 2.97. The van der Waals surface area contributed by atoms with Gasteiger partial charge in [-0.1, -0.05) is 43.2 Å². The molecule has 0 aromatic heterocycles. The van der Waals surface area contributed by atoms with Crippen LogP contribution >= 0.6 is 0 Å². The van der Waals surface area contributed by atoms with Crippen LogP contribution in [0.25, 0.3) is 0 Å². The summed E-state index contributed by atoms with van der Waals surface area (Å²) in [6.45, 7) is -0.0188. The molecule has 0 bridgehead atoms. The molecule has 1 aliphatic carbocycles. The van der Waals surface area contributed by atoms with Crippen LogP contribution in [-0.2, 0) is 19.6 Å². The number of ether oxygens (including phenoxy) is 1. The minimum Gasteiger partial charge on any atom is -0.360 e. The lowest BCUT2D eigenvalue weighted by Crippen LogP contribution is -2.36. The monoisotopic (exact) mass is 326 g/mol. The molecule has 1 aliphatic rings. The van der Waals surface area contributed by atoms with Crippen molar-refractivity contribution in [3.8, 4) is 0 Å². The first-order chi connectivity index (χ1) is 10.5. The lowest BCUT2D eigenvalue weighted by Gasteiger charge is -2.22. The Morgan fingerprint density at radius 1 is 1.27 bits per heavy atom. The molecule has 1 fully saturated rings. The fourth-order valence-corrected chi connectivity index (χ4v) is 2.93. The summed E-state index contributed by atoms with van der Waals surface area (Å²) in [5.74, 6) is -0.620. The second kappa shape index (κ2) is 7.71. The summed E-state index contributed by atoms with van der Waals surface area (Å²) in [7, 11) is -3.59. The molecule has 7 heteroatoms. The highest BCUT2D eigenvalue weighted by Crippen LogP contribution is 2.27. The average molecular weight is 326 g/mol. The van der Waals surface area contributed by atoms with Crippen LogP contribution in [0.3, 0.4) is 0 Å². The van der Waals surface area contributed by atoms with Crippen molar-refractivity contribution in [3.05, 3.63) is 35.9 Å². The zero-order valence-corrected chi connectivity index (χ0v) is 13.2. The maximum atomic E-state index is 12.3. The lowest BCUT2D eigenvalue weighted by molar-refractivity contribution is -0.137. The first-order valence-corrected chi connectivity index (χ1v) is 9.16. The molecule has 1 aromatic rings. The number of nitrogens with two attached hydrogens (primary N) is 1. The van der Waals surface area contributed by atoms with Gasteiger partial charge in [0.1, 0.15) is 0 Å². The van der Waals surface area contributed by atoms with E-state index in [1.54, 1.807) is 0 Å². The number of nitrogens with one attached hydrogen (secondary N) is 1. The lowest BCUT2D eigenvalue weighted by atomic mass is 10.1. The molecule has 122 valence electrons. The number of rotatable bonds is 7. The number of carbonyl (C=O) groups is 1. The number of hydrogen-bond donors (Lipinski definition) is 2. The summed E-state index contributed by atoms with van der Waals surface area (Å²) in [5, 5.41) is 7.52. The first-order valence-electron chi connectivity index (χ1n) is 7.44. The molecule has 6 nitrogen and oxygen atoms in total. The molecule has 0 saturated heterocycles. The second-order valence-corrected chi connectivity index (χ2v) is 7.23. The molecule has 0 unspecified atom stereocenters. The van der Waals surface area contributed by atoms with Crippen LogP contribution in [0.15, 0.2) is 30.3 Å². The summed E-state index contributed by atoms with van der Waals surface area (Å²) in [5.41, 5.74) is 0.766. The van der Waals surface area contributed by atoms with Gasteiger partial charge >= 0.3 is 0 Å². The number of sulfonamides is 1. The Balaban J connectivity index is 2.01. The summed E-state index contributed by atoms with van der Waals surface area (Å²) < 4.78 is 27.8. The van der Waals surface area contributed by atoms with Gasteiger partial charge in [-0.25, -0.2) is 13.6 Å². The van der Waals surface area contributed by atoms with Crippen LogP contribution < -0.4 is 10.5 Å². The van der Waals surface area contributed by atoms with E-state index in [0.717, 1.165) is 31.2 Å². The van der Waals surface area contributed by atoms with Crippen molar-refractivity contribution in [2.24, 2.45) is 5.14 Å². The smallest absolute Gasteiger partial charge is 0.253 e. The van der Waals surface area contributed by atoms with Crippen LogP contribution in [0.2, 0.25) is 0 Å². The van der Waals surface area contributed by atoms with Gasteiger partial charge in [0, 0.05) is 6.54 Å². The summed E-state index contributed by atoms with van der Waals surface area (Å²) in [4.78, 5) is 12.3. The van der Waals surface area contributed by atoms with E-state index >= 15 is 0 Å². The molecule has 1 atom stereocenters. The number of hydrogen-bond acceptors (Lipinski definition) is 4. The number of primary sulfonamides is 1. The Kier molecular flexibility index (Phi) is 5.93. The Morgan fingerprint density at radius 2 is 1.91 bits per heavy atom. The first kappa shape index (κ1) is 16.9. The van der Waals surface area contributed by atoms with Gasteiger partial charge in [0.25, 0.3) is 5.91 Å². The maximum absolute atomic E-state index is 12.3. The van der Waals surface area contributed by atoms with E-state index in [-0.39, 0.29) is 24.3 Å². The predicted molar refractivity (Wildman–Crippen MR) is 83.5 cm³/mol. The minimum absolute atomic E-state index is 0.0188. The standard InChI is InChI=1S/C15H22N2O4S/c16-22(19,20)11-10-17-15(18)14(12-6-2-1-3-7-12)21-13-8-4-5-9-13/h1-3,6-7,13-14H,4-5,8-11H2,(H,17,18)(H2,16,19,20)/t14-/m1/s1. The molecule has 1 amide bonds. The van der Waals surface area contributed by atoms with Crippen molar-refractivity contribution in [3.63, 3.8) is 0 Å². The molecular weight excluding hydrogens is 304 g/mol. The number of amides is 1. The van der Waals surface area contributed by atoms with E-state index in [1.807, 2.05) is 30.3 Å². The largest absolute Gasteiger partial charge is 0.360 e. The van der Waals surface area contributed by atoms with Crippen LogP contribution in [0.4, 0.5) is 0 Å². The van der Waals surface area contributed by atoms with Gasteiger partial charge in [-0.05, 0) is 18.4 Å². The third-order valence-corrected chi connectivity index (χ3v) is 4.43. The van der Waals surface area contributed by atoms with E-state index in [0.29, 0.717) is 0 Å². The van der Waals surface area contributed by atoms with Gasteiger partial charge in [-0.3, -0.25) is 4.79 Å². The zero-order chi connectivity index (χ0) is 16.0. The predicted octanol–water partition coefficient (Wildman–Crippen LogP) is 1.09. The molecule has 22 heavy (non-hydrogen) atoms. The molecular formula is C15H22N2O4S. The van der Waals surface area contributed by atoms with Crippen molar-refractivity contribution in [1.29, 1.82) is 0 Å². The van der Waals surface area contributed by atoms with Gasteiger partial charge in [0.05, 0.1) is 11.9 Å². The van der Waals surface area contributed by atoms with E-state index in [1.165, 1.54) is 0 Å². The molecule has 3 N–H and O–H groups in total. The van der Waals surface area contributed by atoms with Crippen LogP contribution in [0.1, 0.15) is 37.4 Å². The Hall–Kier alpha value is -1.44. The van der Waals surface area contributed by atoms with Crippen LogP contribution in [-0.4, -0.2) is 32.7 Å². The number of carbonyl (C=O) groups excluding carboxylic acids is 1. The topological polar surface area (TPSA) is 98.5 Å². The van der Waals surface area contributed by atoms with Crippen molar-refractivity contribution in [2.75, 3.05) is 12.3 Å². The minimum atomic E-state index is -3.59. The highest BCUT2D eigenvalue weighted by Gasteiger charge is 2.27. The molecule has 2 rings (SSSR count). The van der Waals surface area contributed by atoms with E-state index in [2.05, 4.69) is 5.32 Å². The van der Waals surface area contributed by atoms with Crippen molar-refractivity contribution in [1.82, 2.24) is 5.32 Å². The number of benzene rings is 1. The molecule has 0 radical (unpaired) electrons. The van der Waals surface area contributed by atoms with Crippen molar-refractivity contribution < 1.29 is 17.9 Å². The SMILES string of the molecule is NS(=O)(=O)CCNC(=O)[C@H](OC1CCCC1)c1ccccc1. The molecule has 1 aromatic carbocycles. The Bertz CT molecular complexity index is 583. The van der Waals surface area contributed by atoms with Gasteiger partial charge in [-0.2, -0.15) is 0 Å². The fraction of sp³-hybridized carbons (Fsp3) is 0.533. The van der Waals surface area contributed by atoms with Gasteiger partial charge in [0.2, 0.25) is 10.0 Å². The Labute approximate surface area is 131 Å². The fourth-order valence-electron chi connectivity index (χ4n) is 2.55. The second-order valence-electron chi connectivity index (χ2n) is 5.49.